The van der Waals surface area contributed by atoms with Gasteiger partial charge in [0.25, 0.3) is 0 Å². The Morgan fingerprint density at radius 2 is 0.857 bits per heavy atom. The first kappa shape index (κ1) is 16.0. The van der Waals surface area contributed by atoms with Crippen molar-refractivity contribution >= 4 is 63.3 Å². The van der Waals surface area contributed by atoms with E-state index in [9.17, 15) is 0 Å². The summed E-state index contributed by atoms with van der Waals surface area (Å²) in [4.78, 5) is 29.3. The molecule has 0 saturated heterocycles. The van der Waals surface area contributed by atoms with Crippen molar-refractivity contribution in [2.24, 2.45) is 0 Å². The molecule has 0 radical (unpaired) electrons. The van der Waals surface area contributed by atoms with E-state index >= 15 is 0 Å². The SMILES string of the molecule is O[PH](O)(O)O.[AlH3].[CaH2]. The summed E-state index contributed by atoms with van der Waals surface area (Å²) in [5.74, 6) is 0. The fourth-order valence-electron chi connectivity index (χ4n) is 0. The molecule has 0 aliphatic heterocycles. The normalized spacial score (nSPS) is 10.9. The molecule has 4 nitrogen and oxygen atoms in total. The van der Waals surface area contributed by atoms with Crippen LogP contribution in [-0.4, -0.2) is 74.7 Å². The Kier molecular flexibility index (Phi) is 14.2. The Labute approximate surface area is 82.0 Å². The van der Waals surface area contributed by atoms with Gasteiger partial charge < -0.3 is 0 Å². The van der Waals surface area contributed by atoms with Crippen molar-refractivity contribution in [1.29, 1.82) is 0 Å². The number of rotatable bonds is 0. The van der Waals surface area contributed by atoms with Crippen LogP contribution in [0.1, 0.15) is 0 Å². The van der Waals surface area contributed by atoms with Gasteiger partial charge in [-0.1, -0.05) is 0 Å². The monoisotopic (exact) mass is 172 g/mol. The summed E-state index contributed by atoms with van der Waals surface area (Å²) >= 11 is 0. The van der Waals surface area contributed by atoms with Crippen molar-refractivity contribution in [2.45, 2.75) is 0 Å². The molecule has 44 valence electrons. The number of hydrogen-bond acceptors (Lipinski definition) is 4. The van der Waals surface area contributed by atoms with Crippen LogP contribution in [0.2, 0.25) is 0 Å². The summed E-state index contributed by atoms with van der Waals surface area (Å²) in [6, 6.07) is 0. The molecule has 0 unspecified atom stereocenters. The second-order valence-corrected chi connectivity index (χ2v) is 1.80. The fraction of sp³-hybridized carbons (Fsp3) is 0. The van der Waals surface area contributed by atoms with E-state index in [2.05, 4.69) is 0 Å². The first-order valence-corrected chi connectivity index (χ1v) is 2.68. The van der Waals surface area contributed by atoms with E-state index in [1.807, 2.05) is 0 Å². The van der Waals surface area contributed by atoms with E-state index in [0.717, 1.165) is 0 Å². The molecule has 0 heterocycles. The minimum absolute atomic E-state index is 0. The van der Waals surface area contributed by atoms with Crippen LogP contribution in [0, 0.1) is 0 Å². The van der Waals surface area contributed by atoms with Crippen molar-refractivity contribution < 1.29 is 19.6 Å². The van der Waals surface area contributed by atoms with E-state index in [-0.39, 0.29) is 55.1 Å². The predicted molar refractivity (Wildman–Crippen MR) is 35.7 cm³/mol. The van der Waals surface area contributed by atoms with Crippen LogP contribution in [0.25, 0.3) is 0 Å². The van der Waals surface area contributed by atoms with Gasteiger partial charge in [-0.05, 0) is 0 Å². The zero-order valence-electron chi connectivity index (χ0n) is 2.29. The summed E-state index contributed by atoms with van der Waals surface area (Å²) in [6.45, 7) is 0. The van der Waals surface area contributed by atoms with Gasteiger partial charge in [0.15, 0.2) is 17.4 Å². The quantitative estimate of drug-likeness (QED) is 0.224. The second-order valence-electron chi connectivity index (χ2n) is 0.600. The van der Waals surface area contributed by atoms with Crippen molar-refractivity contribution in [2.75, 3.05) is 0 Å². The van der Waals surface area contributed by atoms with Crippen LogP contribution in [0.5, 0.6) is 0 Å². The standard InChI is InChI=1S/Al.Ca.H5O4P.5H/c;;1-5(2,3)4;;;;;/h;;1-5H;;;;;. The molecule has 0 fully saturated rings. The third kappa shape index (κ3) is 69.7. The molecule has 0 aromatic heterocycles. The summed E-state index contributed by atoms with van der Waals surface area (Å²) in [7, 11) is -4.61. The first-order valence-electron chi connectivity index (χ1n) is 0.894. The Balaban J connectivity index is -0.0000000800. The molecule has 0 aliphatic carbocycles. The third-order valence-corrected chi connectivity index (χ3v) is 0. The molecule has 0 aromatic rings. The molecule has 0 atom stereocenters. The van der Waals surface area contributed by atoms with E-state index < -0.39 is 8.17 Å². The average molecular weight is 172 g/mol. The Morgan fingerprint density at radius 3 is 0.857 bits per heavy atom. The van der Waals surface area contributed by atoms with Crippen LogP contribution in [0.15, 0.2) is 0 Å². The van der Waals surface area contributed by atoms with Crippen LogP contribution in [-0.2, 0) is 0 Å². The van der Waals surface area contributed by atoms with Crippen LogP contribution < -0.4 is 0 Å². The van der Waals surface area contributed by atoms with Gasteiger partial charge >= 0.3 is 65.5 Å². The molecular formula is H10AlCaO4P. The van der Waals surface area contributed by atoms with Gasteiger partial charge in [0, 0.05) is 0 Å². The van der Waals surface area contributed by atoms with Crippen LogP contribution in [0.4, 0.5) is 0 Å². The molecule has 0 spiro atoms. The maximum atomic E-state index is 7.33. The van der Waals surface area contributed by atoms with Gasteiger partial charge in [0.1, 0.15) is 0 Å². The van der Waals surface area contributed by atoms with Gasteiger partial charge in [0.2, 0.25) is 0 Å². The van der Waals surface area contributed by atoms with Crippen molar-refractivity contribution in [3.63, 3.8) is 0 Å². The van der Waals surface area contributed by atoms with Crippen LogP contribution in [0.3, 0.4) is 0 Å². The fourth-order valence-corrected chi connectivity index (χ4v) is 0. The Hall–Kier alpha value is 2.06. The molecule has 0 rings (SSSR count). The van der Waals surface area contributed by atoms with Gasteiger partial charge in [-0.25, -0.2) is 0 Å². The van der Waals surface area contributed by atoms with Gasteiger partial charge in [-0.3, -0.25) is 0 Å². The Bertz CT molecular complexity index is 27.2. The maximum absolute atomic E-state index is 7.33. The molecule has 0 bridgehead atoms. The summed E-state index contributed by atoms with van der Waals surface area (Å²) in [6.07, 6.45) is 0. The van der Waals surface area contributed by atoms with Crippen molar-refractivity contribution in [1.82, 2.24) is 0 Å². The predicted octanol–water partition coefficient (Wildman–Crippen LogP) is -3.73. The molecule has 0 saturated carbocycles. The minimum atomic E-state index is -4.61. The average Bonchev–Trinajstić information content (AvgIpc) is 0.722. The summed E-state index contributed by atoms with van der Waals surface area (Å²) in [5.41, 5.74) is 0. The first-order chi connectivity index (χ1) is 2.00. The summed E-state index contributed by atoms with van der Waals surface area (Å²) in [5, 5.41) is 0. The molecular weight excluding hydrogens is 162 g/mol. The van der Waals surface area contributed by atoms with E-state index in [1.54, 1.807) is 0 Å². The topological polar surface area (TPSA) is 80.9 Å². The van der Waals surface area contributed by atoms with Gasteiger partial charge in [-0.2, -0.15) is 0 Å². The van der Waals surface area contributed by atoms with E-state index in [0.29, 0.717) is 0 Å². The molecule has 7 heavy (non-hydrogen) atoms. The zero-order valence-corrected chi connectivity index (χ0v) is 3.29. The van der Waals surface area contributed by atoms with E-state index in [4.69, 9.17) is 19.6 Å². The van der Waals surface area contributed by atoms with E-state index in [1.165, 1.54) is 0 Å². The Morgan fingerprint density at radius 1 is 0.857 bits per heavy atom. The van der Waals surface area contributed by atoms with Gasteiger partial charge in [0.05, 0.1) is 0 Å². The second kappa shape index (κ2) is 6.19. The van der Waals surface area contributed by atoms with Crippen LogP contribution >= 0.6 is 8.17 Å². The molecule has 4 N–H and O–H groups in total. The summed E-state index contributed by atoms with van der Waals surface area (Å²) < 4.78 is 0. The number of hydrogen-bond donors (Lipinski definition) is 4. The van der Waals surface area contributed by atoms with Crippen molar-refractivity contribution in [3.8, 4) is 0 Å². The molecule has 0 amide bonds. The molecule has 0 aliphatic rings. The molecule has 7 heteroatoms. The van der Waals surface area contributed by atoms with Gasteiger partial charge in [-0.15, -0.1) is 0 Å². The third-order valence-electron chi connectivity index (χ3n) is 0. The van der Waals surface area contributed by atoms with Crippen molar-refractivity contribution in [3.05, 3.63) is 0 Å². The zero-order chi connectivity index (χ0) is 4.50. The molecule has 0 aromatic carbocycles.